The molecule has 2 N–H and O–H groups in total. The molecule has 0 spiro atoms. The van der Waals surface area contributed by atoms with Gasteiger partial charge in [0, 0.05) is 17.3 Å². The Balaban J connectivity index is 2.22. The molecule has 0 saturated heterocycles. The predicted molar refractivity (Wildman–Crippen MR) is 62.9 cm³/mol. The van der Waals surface area contributed by atoms with Crippen molar-refractivity contribution >= 4 is 5.97 Å². The van der Waals surface area contributed by atoms with Crippen LogP contribution < -0.4 is 0 Å². The molecule has 1 heterocycles. The molecule has 1 aliphatic rings. The highest BCUT2D eigenvalue weighted by Gasteiger charge is 2.25. The first-order chi connectivity index (χ1) is 8.11. The van der Waals surface area contributed by atoms with E-state index in [-0.39, 0.29) is 18.4 Å². The van der Waals surface area contributed by atoms with Crippen LogP contribution >= 0.6 is 0 Å². The largest absolute Gasteiger partial charge is 0.481 e. The van der Waals surface area contributed by atoms with Crippen molar-refractivity contribution < 1.29 is 15.0 Å². The molecule has 2 unspecified atom stereocenters. The molecular weight excluding hydrogens is 218 g/mol. The summed E-state index contributed by atoms with van der Waals surface area (Å²) in [5.74, 6) is -0.952. The number of carboxylic acids is 1. The third-order valence-corrected chi connectivity index (χ3v) is 3.41. The number of aliphatic hydroxyl groups excluding tert-OH is 1. The number of nitrogens with zero attached hydrogens (tertiary/aromatic N) is 1. The summed E-state index contributed by atoms with van der Waals surface area (Å²) in [5.41, 5.74) is 2.93. The van der Waals surface area contributed by atoms with Crippen molar-refractivity contribution in [2.75, 3.05) is 6.61 Å². The number of aliphatic hydroxyl groups is 1. The molecule has 4 nitrogen and oxygen atoms in total. The lowest BCUT2D eigenvalue weighted by Crippen LogP contribution is -2.23. The zero-order chi connectivity index (χ0) is 12.4. The summed E-state index contributed by atoms with van der Waals surface area (Å²) in [6.07, 6.45) is 1.95. The van der Waals surface area contributed by atoms with Crippen LogP contribution in [0.3, 0.4) is 0 Å². The smallest absolute Gasteiger partial charge is 0.306 e. The van der Waals surface area contributed by atoms with Crippen molar-refractivity contribution in [2.24, 2.45) is 5.92 Å². The van der Waals surface area contributed by atoms with Gasteiger partial charge in [-0.1, -0.05) is 13.0 Å². The van der Waals surface area contributed by atoms with Crippen LogP contribution in [0.2, 0.25) is 0 Å². The number of aliphatic carboxylic acids is 1. The van der Waals surface area contributed by atoms with E-state index in [2.05, 4.69) is 4.98 Å². The van der Waals surface area contributed by atoms with Gasteiger partial charge in [-0.2, -0.15) is 0 Å². The standard InChI is InChI=1S/C13H17NO3/c1-8(7-15)11-4-2-9-6-10(13(16)17)3-5-12(9)14-11/h2,4,8,10,15H,3,5-7H2,1H3,(H,16,17). The van der Waals surface area contributed by atoms with Gasteiger partial charge in [0.15, 0.2) is 0 Å². The summed E-state index contributed by atoms with van der Waals surface area (Å²) in [5, 5.41) is 18.1. The fourth-order valence-electron chi connectivity index (χ4n) is 2.21. The lowest BCUT2D eigenvalue weighted by atomic mass is 9.86. The van der Waals surface area contributed by atoms with Gasteiger partial charge in [-0.3, -0.25) is 9.78 Å². The first kappa shape index (κ1) is 12.0. The third-order valence-electron chi connectivity index (χ3n) is 3.41. The van der Waals surface area contributed by atoms with Gasteiger partial charge in [-0.15, -0.1) is 0 Å². The summed E-state index contributed by atoms with van der Waals surface area (Å²) in [7, 11) is 0. The molecule has 92 valence electrons. The van der Waals surface area contributed by atoms with E-state index in [1.54, 1.807) is 0 Å². The Bertz CT molecular complexity index is 431. The van der Waals surface area contributed by atoms with Crippen molar-refractivity contribution in [3.63, 3.8) is 0 Å². The Morgan fingerprint density at radius 2 is 2.35 bits per heavy atom. The molecule has 0 aromatic carbocycles. The Labute approximate surface area is 100 Å². The molecule has 2 atom stereocenters. The molecule has 0 saturated carbocycles. The summed E-state index contributed by atoms with van der Waals surface area (Å²) in [4.78, 5) is 15.5. The van der Waals surface area contributed by atoms with Gasteiger partial charge in [-0.25, -0.2) is 0 Å². The Hall–Kier alpha value is -1.42. The minimum absolute atomic E-state index is 0.0393. The molecule has 4 heteroatoms. The van der Waals surface area contributed by atoms with Crippen LogP contribution in [0, 0.1) is 5.92 Å². The van der Waals surface area contributed by atoms with Crippen LogP contribution in [0.5, 0.6) is 0 Å². The topological polar surface area (TPSA) is 70.4 Å². The maximum absolute atomic E-state index is 10.9. The van der Waals surface area contributed by atoms with E-state index in [0.29, 0.717) is 12.8 Å². The summed E-state index contributed by atoms with van der Waals surface area (Å²) in [6.45, 7) is 2.02. The quantitative estimate of drug-likeness (QED) is 0.830. The van der Waals surface area contributed by atoms with E-state index in [4.69, 9.17) is 10.2 Å². The van der Waals surface area contributed by atoms with Gasteiger partial charge >= 0.3 is 5.97 Å². The average molecular weight is 235 g/mol. The summed E-state index contributed by atoms with van der Waals surface area (Å²) in [6, 6.07) is 3.85. The highest BCUT2D eigenvalue weighted by molar-refractivity contribution is 5.70. The molecule has 0 radical (unpaired) electrons. The first-order valence-electron chi connectivity index (χ1n) is 5.94. The van der Waals surface area contributed by atoms with Crippen LogP contribution in [0.25, 0.3) is 0 Å². The van der Waals surface area contributed by atoms with Crippen LogP contribution in [-0.4, -0.2) is 27.8 Å². The zero-order valence-corrected chi connectivity index (χ0v) is 9.89. The number of hydrogen-bond acceptors (Lipinski definition) is 3. The molecule has 1 aliphatic carbocycles. The van der Waals surface area contributed by atoms with E-state index in [1.807, 2.05) is 19.1 Å². The summed E-state index contributed by atoms with van der Waals surface area (Å²) >= 11 is 0. The Morgan fingerprint density at radius 1 is 1.59 bits per heavy atom. The van der Waals surface area contributed by atoms with Crippen LogP contribution in [0.15, 0.2) is 12.1 Å². The minimum Gasteiger partial charge on any atom is -0.481 e. The molecule has 1 aromatic rings. The van der Waals surface area contributed by atoms with Crippen molar-refractivity contribution in [3.8, 4) is 0 Å². The van der Waals surface area contributed by atoms with Gasteiger partial charge < -0.3 is 10.2 Å². The SMILES string of the molecule is CC(CO)c1ccc2c(n1)CCC(C(=O)O)C2. The summed E-state index contributed by atoms with van der Waals surface area (Å²) < 4.78 is 0. The minimum atomic E-state index is -0.719. The van der Waals surface area contributed by atoms with Gasteiger partial charge in [-0.05, 0) is 30.9 Å². The highest BCUT2D eigenvalue weighted by atomic mass is 16.4. The van der Waals surface area contributed by atoms with Crippen LogP contribution in [-0.2, 0) is 17.6 Å². The second-order valence-corrected chi connectivity index (χ2v) is 4.70. The van der Waals surface area contributed by atoms with E-state index >= 15 is 0 Å². The van der Waals surface area contributed by atoms with Crippen LogP contribution in [0.4, 0.5) is 0 Å². The van der Waals surface area contributed by atoms with Crippen molar-refractivity contribution in [1.82, 2.24) is 4.98 Å². The molecule has 0 aliphatic heterocycles. The van der Waals surface area contributed by atoms with E-state index < -0.39 is 5.97 Å². The second-order valence-electron chi connectivity index (χ2n) is 4.70. The van der Waals surface area contributed by atoms with Gasteiger partial charge in [0.2, 0.25) is 0 Å². The molecule has 0 bridgehead atoms. The third kappa shape index (κ3) is 2.47. The fraction of sp³-hybridized carbons (Fsp3) is 0.538. The lowest BCUT2D eigenvalue weighted by Gasteiger charge is -2.22. The molecule has 0 fully saturated rings. The number of hydrogen-bond donors (Lipinski definition) is 2. The molecular formula is C13H17NO3. The second kappa shape index (κ2) is 4.84. The zero-order valence-electron chi connectivity index (χ0n) is 9.89. The van der Waals surface area contributed by atoms with E-state index in [0.717, 1.165) is 23.4 Å². The van der Waals surface area contributed by atoms with Gasteiger partial charge in [0.25, 0.3) is 0 Å². The van der Waals surface area contributed by atoms with E-state index in [9.17, 15) is 4.79 Å². The number of rotatable bonds is 3. The predicted octanol–water partition coefficient (Wildman–Crippen LogP) is 1.37. The Morgan fingerprint density at radius 3 is 3.00 bits per heavy atom. The van der Waals surface area contributed by atoms with E-state index in [1.165, 1.54) is 0 Å². The molecule has 17 heavy (non-hydrogen) atoms. The Kier molecular flexibility index (Phi) is 3.43. The monoisotopic (exact) mass is 235 g/mol. The number of carbonyl (C=O) groups is 1. The molecule has 0 amide bonds. The molecule has 1 aromatic heterocycles. The maximum atomic E-state index is 10.9. The average Bonchev–Trinajstić information content (AvgIpc) is 2.36. The molecule has 2 rings (SSSR count). The van der Waals surface area contributed by atoms with Gasteiger partial charge in [0.05, 0.1) is 12.5 Å². The number of fused-ring (bicyclic) bond motifs is 1. The van der Waals surface area contributed by atoms with Crippen molar-refractivity contribution in [3.05, 3.63) is 29.1 Å². The van der Waals surface area contributed by atoms with Crippen molar-refractivity contribution in [2.45, 2.75) is 32.1 Å². The number of aromatic nitrogens is 1. The first-order valence-corrected chi connectivity index (χ1v) is 5.94. The highest BCUT2D eigenvalue weighted by Crippen LogP contribution is 2.26. The maximum Gasteiger partial charge on any atom is 0.306 e. The lowest BCUT2D eigenvalue weighted by molar-refractivity contribution is -0.142. The van der Waals surface area contributed by atoms with Crippen LogP contribution in [0.1, 0.15) is 36.2 Å². The normalized spacial score (nSPS) is 20.7. The van der Waals surface area contributed by atoms with Crippen molar-refractivity contribution in [1.29, 1.82) is 0 Å². The fourth-order valence-corrected chi connectivity index (χ4v) is 2.21. The van der Waals surface area contributed by atoms with Gasteiger partial charge in [0.1, 0.15) is 0 Å². The number of pyridine rings is 1. The number of carboxylic acid groups (broad SMARTS) is 1. The number of aryl methyl sites for hydroxylation is 1.